The summed E-state index contributed by atoms with van der Waals surface area (Å²) in [4.78, 5) is 2.72. The minimum atomic E-state index is 0.780. The van der Waals surface area contributed by atoms with Crippen molar-refractivity contribution in [1.29, 1.82) is 0 Å². The van der Waals surface area contributed by atoms with Crippen LogP contribution in [0, 0.1) is 5.92 Å². The third-order valence-corrected chi connectivity index (χ3v) is 6.02. The van der Waals surface area contributed by atoms with E-state index in [0.717, 1.165) is 24.5 Å². The van der Waals surface area contributed by atoms with E-state index in [-0.39, 0.29) is 0 Å². The number of anilines is 1. The molecular formula is C18H25BrN2. The van der Waals surface area contributed by atoms with E-state index in [2.05, 4.69) is 44.3 Å². The summed E-state index contributed by atoms with van der Waals surface area (Å²) in [7, 11) is 0. The molecular weight excluding hydrogens is 324 g/mol. The summed E-state index contributed by atoms with van der Waals surface area (Å²) in [5, 5.41) is 3.69. The number of nitrogens with one attached hydrogen (secondary N) is 1. The lowest BCUT2D eigenvalue weighted by molar-refractivity contribution is 0.342. The molecule has 3 fully saturated rings. The first-order valence-corrected chi connectivity index (χ1v) is 9.39. The standard InChI is InChI=1S/C18H25BrN2/c19-15-6-5-14(12-20-16-7-8-16)18(11-15)21-10-9-13-3-1-2-4-17(13)21/h5-6,11,13,16-17,20H,1-4,7-10,12H2. The maximum Gasteiger partial charge on any atom is 0.0425 e. The van der Waals surface area contributed by atoms with E-state index in [0.29, 0.717) is 0 Å². The highest BCUT2D eigenvalue weighted by Gasteiger charge is 2.36. The average Bonchev–Trinajstić information content (AvgIpc) is 3.23. The zero-order valence-electron chi connectivity index (χ0n) is 12.7. The van der Waals surface area contributed by atoms with Crippen LogP contribution in [0.5, 0.6) is 0 Å². The lowest BCUT2D eigenvalue weighted by Crippen LogP contribution is -2.35. The Bertz CT molecular complexity index is 512. The predicted octanol–water partition coefficient (Wildman–Crippen LogP) is 4.47. The van der Waals surface area contributed by atoms with Crippen LogP contribution in [0.2, 0.25) is 0 Å². The first-order chi connectivity index (χ1) is 10.3. The molecule has 2 nitrogen and oxygen atoms in total. The smallest absolute Gasteiger partial charge is 0.0425 e. The molecule has 1 aromatic carbocycles. The third-order valence-electron chi connectivity index (χ3n) is 5.53. The molecule has 2 unspecified atom stereocenters. The predicted molar refractivity (Wildman–Crippen MR) is 91.7 cm³/mol. The lowest BCUT2D eigenvalue weighted by atomic mass is 9.85. The number of rotatable bonds is 4. The molecule has 3 aliphatic rings. The molecule has 0 aromatic heterocycles. The Morgan fingerprint density at radius 2 is 1.95 bits per heavy atom. The minimum absolute atomic E-state index is 0.780. The highest BCUT2D eigenvalue weighted by atomic mass is 79.9. The van der Waals surface area contributed by atoms with E-state index < -0.39 is 0 Å². The fourth-order valence-corrected chi connectivity index (χ4v) is 4.55. The lowest BCUT2D eigenvalue weighted by Gasteiger charge is -2.34. The van der Waals surface area contributed by atoms with Crippen molar-refractivity contribution in [2.24, 2.45) is 5.92 Å². The molecule has 0 spiro atoms. The Balaban J connectivity index is 1.58. The third kappa shape index (κ3) is 3.00. The van der Waals surface area contributed by atoms with E-state index in [1.807, 2.05) is 0 Å². The van der Waals surface area contributed by atoms with Gasteiger partial charge >= 0.3 is 0 Å². The van der Waals surface area contributed by atoms with Crippen LogP contribution < -0.4 is 10.2 Å². The topological polar surface area (TPSA) is 15.3 Å². The first kappa shape index (κ1) is 14.1. The van der Waals surface area contributed by atoms with Gasteiger partial charge in [0, 0.05) is 35.3 Å². The van der Waals surface area contributed by atoms with Crippen LogP contribution in [0.25, 0.3) is 0 Å². The number of fused-ring (bicyclic) bond motifs is 1. The second-order valence-corrected chi connectivity index (χ2v) is 7.94. The fraction of sp³-hybridized carbons (Fsp3) is 0.667. The second kappa shape index (κ2) is 5.92. The second-order valence-electron chi connectivity index (χ2n) is 7.02. The Labute approximate surface area is 136 Å². The number of benzene rings is 1. The number of hydrogen-bond acceptors (Lipinski definition) is 2. The molecule has 2 saturated carbocycles. The SMILES string of the molecule is Brc1ccc(CNC2CC2)c(N2CCC3CCCCC32)c1. The van der Waals surface area contributed by atoms with Crippen molar-refractivity contribution in [1.82, 2.24) is 5.32 Å². The van der Waals surface area contributed by atoms with Gasteiger partial charge in [-0.1, -0.05) is 34.8 Å². The van der Waals surface area contributed by atoms with E-state index in [9.17, 15) is 0 Å². The van der Waals surface area contributed by atoms with Crippen molar-refractivity contribution in [2.45, 2.75) is 63.6 Å². The largest absolute Gasteiger partial charge is 0.368 e. The van der Waals surface area contributed by atoms with E-state index in [1.54, 1.807) is 0 Å². The van der Waals surface area contributed by atoms with E-state index in [1.165, 1.54) is 67.2 Å². The summed E-state index contributed by atoms with van der Waals surface area (Å²) < 4.78 is 1.21. The van der Waals surface area contributed by atoms with Gasteiger partial charge in [0.15, 0.2) is 0 Å². The molecule has 0 amide bonds. The van der Waals surface area contributed by atoms with Gasteiger partial charge in [-0.25, -0.2) is 0 Å². The molecule has 0 bridgehead atoms. The molecule has 4 rings (SSSR count). The Morgan fingerprint density at radius 1 is 1.10 bits per heavy atom. The molecule has 1 aromatic rings. The van der Waals surface area contributed by atoms with E-state index in [4.69, 9.17) is 0 Å². The average molecular weight is 349 g/mol. The van der Waals surface area contributed by atoms with Gasteiger partial charge in [-0.3, -0.25) is 0 Å². The van der Waals surface area contributed by atoms with Gasteiger partial charge < -0.3 is 10.2 Å². The van der Waals surface area contributed by atoms with Crippen LogP contribution >= 0.6 is 15.9 Å². The fourth-order valence-electron chi connectivity index (χ4n) is 4.20. The van der Waals surface area contributed by atoms with Gasteiger partial charge in [-0.2, -0.15) is 0 Å². The molecule has 114 valence electrons. The minimum Gasteiger partial charge on any atom is -0.368 e. The Morgan fingerprint density at radius 3 is 2.81 bits per heavy atom. The van der Waals surface area contributed by atoms with Crippen molar-refractivity contribution in [3.8, 4) is 0 Å². The molecule has 2 aliphatic carbocycles. The van der Waals surface area contributed by atoms with Crippen LogP contribution in [0.15, 0.2) is 22.7 Å². The summed E-state index contributed by atoms with van der Waals surface area (Å²) in [5.74, 6) is 0.946. The summed E-state index contributed by atoms with van der Waals surface area (Å²) in [6, 6.07) is 8.43. The van der Waals surface area contributed by atoms with Crippen LogP contribution in [0.4, 0.5) is 5.69 Å². The molecule has 1 saturated heterocycles. The van der Waals surface area contributed by atoms with Crippen molar-refractivity contribution >= 4 is 21.6 Å². The zero-order chi connectivity index (χ0) is 14.2. The van der Waals surface area contributed by atoms with Crippen molar-refractivity contribution in [2.75, 3.05) is 11.4 Å². The first-order valence-electron chi connectivity index (χ1n) is 8.60. The summed E-state index contributed by atoms with van der Waals surface area (Å²) in [5.41, 5.74) is 2.96. The van der Waals surface area contributed by atoms with Crippen molar-refractivity contribution in [3.05, 3.63) is 28.2 Å². The maximum atomic E-state index is 3.69. The van der Waals surface area contributed by atoms with Crippen molar-refractivity contribution < 1.29 is 0 Å². The molecule has 1 heterocycles. The molecule has 3 heteroatoms. The van der Waals surface area contributed by atoms with Gasteiger partial charge in [0.2, 0.25) is 0 Å². The normalized spacial score (nSPS) is 28.7. The van der Waals surface area contributed by atoms with Gasteiger partial charge in [0.1, 0.15) is 0 Å². The molecule has 2 atom stereocenters. The Hall–Kier alpha value is -0.540. The summed E-state index contributed by atoms with van der Waals surface area (Å²) in [6.45, 7) is 2.28. The maximum absolute atomic E-state index is 3.69. The number of nitrogens with zero attached hydrogens (tertiary/aromatic N) is 1. The number of hydrogen-bond donors (Lipinski definition) is 1. The van der Waals surface area contributed by atoms with Gasteiger partial charge in [-0.05, 0) is 55.7 Å². The van der Waals surface area contributed by atoms with E-state index >= 15 is 0 Å². The molecule has 1 aliphatic heterocycles. The monoisotopic (exact) mass is 348 g/mol. The summed E-state index contributed by atoms with van der Waals surface area (Å²) >= 11 is 3.68. The molecule has 0 radical (unpaired) electrons. The highest BCUT2D eigenvalue weighted by Crippen LogP contribution is 2.40. The van der Waals surface area contributed by atoms with Gasteiger partial charge in [-0.15, -0.1) is 0 Å². The summed E-state index contributed by atoms with van der Waals surface area (Å²) in [6.07, 6.45) is 9.83. The quantitative estimate of drug-likeness (QED) is 0.863. The van der Waals surface area contributed by atoms with Crippen molar-refractivity contribution in [3.63, 3.8) is 0 Å². The zero-order valence-corrected chi connectivity index (χ0v) is 14.2. The molecule has 1 N–H and O–H groups in total. The van der Waals surface area contributed by atoms with Crippen LogP contribution in [-0.4, -0.2) is 18.6 Å². The van der Waals surface area contributed by atoms with Crippen LogP contribution in [0.1, 0.15) is 50.5 Å². The van der Waals surface area contributed by atoms with Crippen LogP contribution in [0.3, 0.4) is 0 Å². The van der Waals surface area contributed by atoms with Crippen LogP contribution in [-0.2, 0) is 6.54 Å². The number of halogens is 1. The molecule has 21 heavy (non-hydrogen) atoms. The van der Waals surface area contributed by atoms with Gasteiger partial charge in [0.25, 0.3) is 0 Å². The highest BCUT2D eigenvalue weighted by molar-refractivity contribution is 9.10. The van der Waals surface area contributed by atoms with Gasteiger partial charge in [0.05, 0.1) is 0 Å². The Kier molecular flexibility index (Phi) is 3.97.